The number of nitrogens with two attached hydrogens (primary N) is 1. The number of halogens is 1. The summed E-state index contributed by atoms with van der Waals surface area (Å²) in [6.07, 6.45) is 2.97. The summed E-state index contributed by atoms with van der Waals surface area (Å²) >= 11 is 3.41. The Kier molecular flexibility index (Phi) is 5.05. The Labute approximate surface area is 122 Å². The van der Waals surface area contributed by atoms with Crippen molar-refractivity contribution in [2.45, 2.75) is 25.9 Å². The number of ether oxygens (including phenoxy) is 1. The second-order valence-corrected chi connectivity index (χ2v) is 5.59. The van der Waals surface area contributed by atoms with Gasteiger partial charge in [0.25, 0.3) is 0 Å². The zero-order valence-corrected chi connectivity index (χ0v) is 12.6. The number of rotatable bonds is 6. The SMILES string of the molecule is CC(N)Cc1cccn1CCOc1ccc(Br)cc1. The van der Waals surface area contributed by atoms with E-state index in [1.165, 1.54) is 5.69 Å². The molecule has 0 saturated carbocycles. The summed E-state index contributed by atoms with van der Waals surface area (Å²) < 4.78 is 8.98. The molecule has 0 aliphatic heterocycles. The molecule has 0 spiro atoms. The molecular weight excluding hydrogens is 304 g/mol. The molecule has 0 bridgehead atoms. The molecule has 1 atom stereocenters. The largest absolute Gasteiger partial charge is 0.492 e. The van der Waals surface area contributed by atoms with E-state index < -0.39 is 0 Å². The third-order valence-corrected chi connectivity index (χ3v) is 3.40. The number of nitrogens with zero attached hydrogens (tertiary/aromatic N) is 1. The molecule has 2 aromatic rings. The first-order valence-electron chi connectivity index (χ1n) is 6.43. The van der Waals surface area contributed by atoms with E-state index in [0.717, 1.165) is 23.2 Å². The summed E-state index contributed by atoms with van der Waals surface area (Å²) in [6, 6.07) is 12.2. The van der Waals surface area contributed by atoms with Gasteiger partial charge in [0, 0.05) is 28.8 Å². The van der Waals surface area contributed by atoms with Crippen LogP contribution in [0.15, 0.2) is 47.1 Å². The smallest absolute Gasteiger partial charge is 0.119 e. The molecule has 0 amide bonds. The molecule has 0 fully saturated rings. The van der Waals surface area contributed by atoms with Crippen molar-refractivity contribution in [2.24, 2.45) is 5.73 Å². The molecule has 19 heavy (non-hydrogen) atoms. The molecule has 4 heteroatoms. The van der Waals surface area contributed by atoms with Crippen molar-refractivity contribution in [2.75, 3.05) is 6.61 Å². The van der Waals surface area contributed by atoms with E-state index in [-0.39, 0.29) is 6.04 Å². The Morgan fingerprint density at radius 2 is 2.00 bits per heavy atom. The topological polar surface area (TPSA) is 40.2 Å². The van der Waals surface area contributed by atoms with E-state index in [2.05, 4.69) is 38.8 Å². The molecule has 2 rings (SSSR count). The average Bonchev–Trinajstić information content (AvgIpc) is 2.78. The fourth-order valence-electron chi connectivity index (χ4n) is 1.98. The van der Waals surface area contributed by atoms with Crippen molar-refractivity contribution in [1.82, 2.24) is 4.57 Å². The first kappa shape index (κ1) is 14.2. The Hall–Kier alpha value is -1.26. The van der Waals surface area contributed by atoms with Crippen molar-refractivity contribution < 1.29 is 4.74 Å². The monoisotopic (exact) mass is 322 g/mol. The fraction of sp³-hybridized carbons (Fsp3) is 0.333. The lowest BCUT2D eigenvalue weighted by Crippen LogP contribution is -2.20. The van der Waals surface area contributed by atoms with Crippen LogP contribution in [0.4, 0.5) is 0 Å². The molecular formula is C15H19BrN2O. The quantitative estimate of drug-likeness (QED) is 0.887. The predicted molar refractivity (Wildman–Crippen MR) is 81.4 cm³/mol. The maximum atomic E-state index is 5.84. The Morgan fingerprint density at radius 3 is 2.68 bits per heavy atom. The van der Waals surface area contributed by atoms with Gasteiger partial charge >= 0.3 is 0 Å². The van der Waals surface area contributed by atoms with Crippen LogP contribution in [0.25, 0.3) is 0 Å². The minimum atomic E-state index is 0.182. The summed E-state index contributed by atoms with van der Waals surface area (Å²) in [5, 5.41) is 0. The van der Waals surface area contributed by atoms with Gasteiger partial charge in [-0.1, -0.05) is 15.9 Å². The van der Waals surface area contributed by atoms with Gasteiger partial charge in [0.2, 0.25) is 0 Å². The molecule has 1 aromatic carbocycles. The van der Waals surface area contributed by atoms with Crippen LogP contribution in [0.1, 0.15) is 12.6 Å². The second-order valence-electron chi connectivity index (χ2n) is 4.68. The molecule has 0 radical (unpaired) electrons. The molecule has 0 aliphatic carbocycles. The minimum absolute atomic E-state index is 0.182. The van der Waals surface area contributed by atoms with Gasteiger partial charge in [-0.05, 0) is 43.3 Å². The van der Waals surface area contributed by atoms with Crippen LogP contribution in [0, 0.1) is 0 Å². The minimum Gasteiger partial charge on any atom is -0.492 e. The molecule has 0 saturated heterocycles. The fourth-order valence-corrected chi connectivity index (χ4v) is 2.24. The lowest BCUT2D eigenvalue weighted by Gasteiger charge is -2.12. The van der Waals surface area contributed by atoms with Crippen LogP contribution >= 0.6 is 15.9 Å². The Morgan fingerprint density at radius 1 is 1.26 bits per heavy atom. The van der Waals surface area contributed by atoms with Crippen molar-refractivity contribution in [3.05, 3.63) is 52.8 Å². The third-order valence-electron chi connectivity index (χ3n) is 2.87. The van der Waals surface area contributed by atoms with Gasteiger partial charge in [0.1, 0.15) is 12.4 Å². The highest BCUT2D eigenvalue weighted by atomic mass is 79.9. The van der Waals surface area contributed by atoms with E-state index in [9.17, 15) is 0 Å². The second kappa shape index (κ2) is 6.78. The number of aromatic nitrogens is 1. The van der Waals surface area contributed by atoms with Crippen molar-refractivity contribution >= 4 is 15.9 Å². The summed E-state index contributed by atoms with van der Waals surface area (Å²) in [4.78, 5) is 0. The molecule has 2 N–H and O–H groups in total. The standard InChI is InChI=1S/C15H19BrN2O/c1-12(17)11-14-3-2-8-18(14)9-10-19-15-6-4-13(16)5-7-15/h2-8,12H,9-11,17H2,1H3. The first-order valence-corrected chi connectivity index (χ1v) is 7.22. The van der Waals surface area contributed by atoms with Crippen LogP contribution in [0.2, 0.25) is 0 Å². The van der Waals surface area contributed by atoms with Crippen LogP contribution in [0.3, 0.4) is 0 Å². The lowest BCUT2D eigenvalue weighted by atomic mass is 10.2. The average molecular weight is 323 g/mol. The van der Waals surface area contributed by atoms with Gasteiger partial charge in [-0.15, -0.1) is 0 Å². The van der Waals surface area contributed by atoms with Gasteiger partial charge in [0.15, 0.2) is 0 Å². The molecule has 1 unspecified atom stereocenters. The van der Waals surface area contributed by atoms with Crippen molar-refractivity contribution in [3.63, 3.8) is 0 Å². The number of hydrogen-bond donors (Lipinski definition) is 1. The van der Waals surface area contributed by atoms with Gasteiger partial charge in [-0.25, -0.2) is 0 Å². The lowest BCUT2D eigenvalue weighted by molar-refractivity contribution is 0.296. The third kappa shape index (κ3) is 4.40. The van der Waals surface area contributed by atoms with Crippen LogP contribution in [-0.2, 0) is 13.0 Å². The molecule has 1 heterocycles. The normalized spacial score (nSPS) is 12.4. The van der Waals surface area contributed by atoms with Gasteiger partial charge in [-0.3, -0.25) is 0 Å². The van der Waals surface area contributed by atoms with Crippen LogP contribution in [0.5, 0.6) is 5.75 Å². The number of hydrogen-bond acceptors (Lipinski definition) is 2. The van der Waals surface area contributed by atoms with Crippen LogP contribution in [-0.4, -0.2) is 17.2 Å². The van der Waals surface area contributed by atoms with Crippen LogP contribution < -0.4 is 10.5 Å². The predicted octanol–water partition coefficient (Wildman–Crippen LogP) is 3.22. The van der Waals surface area contributed by atoms with E-state index in [4.69, 9.17) is 10.5 Å². The maximum absolute atomic E-state index is 5.84. The van der Waals surface area contributed by atoms with Gasteiger partial charge < -0.3 is 15.0 Å². The summed E-state index contributed by atoms with van der Waals surface area (Å²) in [5.74, 6) is 0.893. The highest BCUT2D eigenvalue weighted by Crippen LogP contribution is 2.16. The molecule has 0 aliphatic rings. The van der Waals surface area contributed by atoms with E-state index in [1.54, 1.807) is 0 Å². The molecule has 102 valence electrons. The van der Waals surface area contributed by atoms with E-state index in [0.29, 0.717) is 6.61 Å². The van der Waals surface area contributed by atoms with Crippen molar-refractivity contribution in [1.29, 1.82) is 0 Å². The molecule has 3 nitrogen and oxygen atoms in total. The Balaban J connectivity index is 1.85. The number of benzene rings is 1. The summed E-state index contributed by atoms with van der Waals surface area (Å²) in [7, 11) is 0. The van der Waals surface area contributed by atoms with E-state index in [1.807, 2.05) is 31.2 Å². The Bertz CT molecular complexity index is 505. The first-order chi connectivity index (χ1) is 9.15. The van der Waals surface area contributed by atoms with Crippen molar-refractivity contribution in [3.8, 4) is 5.75 Å². The van der Waals surface area contributed by atoms with Gasteiger partial charge in [-0.2, -0.15) is 0 Å². The maximum Gasteiger partial charge on any atom is 0.119 e. The zero-order valence-electron chi connectivity index (χ0n) is 11.1. The summed E-state index contributed by atoms with van der Waals surface area (Å²) in [6.45, 7) is 3.52. The highest BCUT2D eigenvalue weighted by Gasteiger charge is 2.03. The summed E-state index contributed by atoms with van der Waals surface area (Å²) in [5.41, 5.74) is 7.10. The zero-order chi connectivity index (χ0) is 13.7. The van der Waals surface area contributed by atoms with E-state index >= 15 is 0 Å². The van der Waals surface area contributed by atoms with Gasteiger partial charge in [0.05, 0.1) is 6.54 Å². The highest BCUT2D eigenvalue weighted by molar-refractivity contribution is 9.10. The molecule has 1 aromatic heterocycles.